The molecule has 0 fully saturated rings. The number of carbonyl (C=O) groups excluding carboxylic acids is 1. The number of esters is 1. The zero-order chi connectivity index (χ0) is 16.1. The Kier molecular flexibility index (Phi) is 5.26. The first kappa shape index (κ1) is 16.1. The number of aryl methyl sites for hydroxylation is 1. The highest BCUT2D eigenvalue weighted by Crippen LogP contribution is 2.22. The first-order valence-corrected chi connectivity index (χ1v) is 7.69. The molecule has 0 spiro atoms. The van der Waals surface area contributed by atoms with E-state index < -0.39 is 12.0 Å². The molecule has 1 aromatic heterocycles. The summed E-state index contributed by atoms with van der Waals surface area (Å²) in [5.41, 5.74) is 2.09. The molecule has 5 nitrogen and oxygen atoms in total. The third-order valence-corrected chi connectivity index (χ3v) is 4.07. The molecule has 0 saturated heterocycles. The first-order valence-electron chi connectivity index (χ1n) is 6.81. The van der Waals surface area contributed by atoms with E-state index >= 15 is 0 Å². The Morgan fingerprint density at radius 2 is 2.27 bits per heavy atom. The van der Waals surface area contributed by atoms with Gasteiger partial charge in [0, 0.05) is 11.4 Å². The number of carbonyl (C=O) groups is 1. The minimum Gasteiger partial charge on any atom is -0.468 e. The van der Waals surface area contributed by atoms with Crippen molar-refractivity contribution in [3.8, 4) is 6.07 Å². The molecule has 22 heavy (non-hydrogen) atoms. The van der Waals surface area contributed by atoms with Gasteiger partial charge in [0.1, 0.15) is 6.04 Å². The summed E-state index contributed by atoms with van der Waals surface area (Å²) < 4.78 is 4.88. The van der Waals surface area contributed by atoms with Crippen LogP contribution in [0.25, 0.3) is 0 Å². The van der Waals surface area contributed by atoms with Gasteiger partial charge >= 0.3 is 5.97 Å². The van der Waals surface area contributed by atoms with Crippen LogP contribution in [0.1, 0.15) is 40.8 Å². The fourth-order valence-corrected chi connectivity index (χ4v) is 2.83. The molecule has 0 saturated carbocycles. The lowest BCUT2D eigenvalue weighted by atomic mass is 10.0. The van der Waals surface area contributed by atoms with Crippen LogP contribution in [0.5, 0.6) is 0 Å². The van der Waals surface area contributed by atoms with Crippen molar-refractivity contribution in [1.82, 2.24) is 10.3 Å². The summed E-state index contributed by atoms with van der Waals surface area (Å²) in [5, 5.41) is 15.2. The molecule has 0 aliphatic heterocycles. The van der Waals surface area contributed by atoms with Gasteiger partial charge in [-0.3, -0.25) is 5.32 Å². The van der Waals surface area contributed by atoms with E-state index in [1.165, 1.54) is 7.11 Å². The van der Waals surface area contributed by atoms with Gasteiger partial charge in [-0.15, -0.1) is 11.3 Å². The highest BCUT2D eigenvalue weighted by atomic mass is 32.1. The third kappa shape index (κ3) is 3.70. The van der Waals surface area contributed by atoms with E-state index in [0.717, 1.165) is 10.7 Å². The maximum absolute atomic E-state index is 12.1. The number of nitrogens with one attached hydrogen (secondary N) is 1. The maximum Gasteiger partial charge on any atom is 0.327 e. The van der Waals surface area contributed by atoms with Crippen molar-refractivity contribution < 1.29 is 9.53 Å². The van der Waals surface area contributed by atoms with E-state index in [-0.39, 0.29) is 6.04 Å². The number of methoxy groups -OCH3 is 1. The highest BCUT2D eigenvalue weighted by molar-refractivity contribution is 7.09. The average molecular weight is 315 g/mol. The van der Waals surface area contributed by atoms with Crippen LogP contribution in [0.2, 0.25) is 0 Å². The van der Waals surface area contributed by atoms with E-state index in [4.69, 9.17) is 10.00 Å². The zero-order valence-electron chi connectivity index (χ0n) is 12.7. The van der Waals surface area contributed by atoms with Gasteiger partial charge in [0.25, 0.3) is 0 Å². The van der Waals surface area contributed by atoms with Gasteiger partial charge in [0.15, 0.2) is 0 Å². The van der Waals surface area contributed by atoms with Gasteiger partial charge in [-0.2, -0.15) is 5.26 Å². The van der Waals surface area contributed by atoms with Crippen LogP contribution >= 0.6 is 11.3 Å². The van der Waals surface area contributed by atoms with Crippen molar-refractivity contribution in [2.45, 2.75) is 25.9 Å². The molecule has 1 aromatic carbocycles. The van der Waals surface area contributed by atoms with E-state index in [9.17, 15) is 4.79 Å². The quantitative estimate of drug-likeness (QED) is 0.859. The molecule has 0 aliphatic rings. The molecule has 1 N–H and O–H groups in total. The number of nitriles is 1. The Morgan fingerprint density at radius 3 is 2.86 bits per heavy atom. The first-order chi connectivity index (χ1) is 10.5. The lowest BCUT2D eigenvalue weighted by molar-refractivity contribution is -0.143. The van der Waals surface area contributed by atoms with Gasteiger partial charge in [0.2, 0.25) is 0 Å². The second kappa shape index (κ2) is 7.16. The summed E-state index contributed by atoms with van der Waals surface area (Å²) in [6.45, 7) is 3.88. The predicted molar refractivity (Wildman–Crippen MR) is 84.3 cm³/mol. The number of aromatic nitrogens is 1. The minimum absolute atomic E-state index is 0.111. The molecule has 2 aromatic rings. The van der Waals surface area contributed by atoms with Gasteiger partial charge in [-0.1, -0.05) is 12.1 Å². The number of hydrogen-bond acceptors (Lipinski definition) is 6. The molecule has 6 heteroatoms. The Morgan fingerprint density at radius 1 is 1.50 bits per heavy atom. The average Bonchev–Trinajstić information content (AvgIpc) is 2.98. The summed E-state index contributed by atoms with van der Waals surface area (Å²) in [5.74, 6) is -0.395. The third-order valence-electron chi connectivity index (χ3n) is 3.28. The largest absolute Gasteiger partial charge is 0.468 e. The van der Waals surface area contributed by atoms with E-state index in [0.29, 0.717) is 11.1 Å². The van der Waals surface area contributed by atoms with E-state index in [1.807, 2.05) is 19.2 Å². The normalized spacial score (nSPS) is 13.2. The fraction of sp³-hybridized carbons (Fsp3) is 0.312. The van der Waals surface area contributed by atoms with Crippen LogP contribution in [0, 0.1) is 18.3 Å². The number of hydrogen-bond donors (Lipinski definition) is 1. The summed E-state index contributed by atoms with van der Waals surface area (Å²) in [7, 11) is 1.35. The lowest BCUT2D eigenvalue weighted by Crippen LogP contribution is -2.32. The zero-order valence-corrected chi connectivity index (χ0v) is 13.5. The Labute approximate surface area is 133 Å². The molecule has 0 amide bonds. The molecule has 0 aliphatic carbocycles. The number of benzene rings is 1. The van der Waals surface area contributed by atoms with Crippen LogP contribution < -0.4 is 5.32 Å². The maximum atomic E-state index is 12.1. The van der Waals surface area contributed by atoms with Crippen molar-refractivity contribution >= 4 is 17.3 Å². The molecule has 0 unspecified atom stereocenters. The van der Waals surface area contributed by atoms with Gasteiger partial charge in [-0.05, 0) is 31.5 Å². The minimum atomic E-state index is -0.643. The van der Waals surface area contributed by atoms with Crippen LogP contribution in [0.3, 0.4) is 0 Å². The van der Waals surface area contributed by atoms with Crippen molar-refractivity contribution in [2.24, 2.45) is 0 Å². The molecule has 0 radical (unpaired) electrons. The fourth-order valence-electron chi connectivity index (χ4n) is 2.12. The summed E-state index contributed by atoms with van der Waals surface area (Å²) >= 11 is 1.57. The molecule has 2 rings (SSSR count). The molecular formula is C16H17N3O2S. The van der Waals surface area contributed by atoms with Gasteiger partial charge in [-0.25, -0.2) is 9.78 Å². The second-order valence-electron chi connectivity index (χ2n) is 4.87. The smallest absolute Gasteiger partial charge is 0.327 e. The van der Waals surface area contributed by atoms with Crippen molar-refractivity contribution in [1.29, 1.82) is 5.26 Å². The van der Waals surface area contributed by atoms with Crippen LogP contribution in [0.4, 0.5) is 0 Å². The Hall–Kier alpha value is -2.23. The second-order valence-corrected chi connectivity index (χ2v) is 5.94. The molecule has 114 valence electrons. The summed E-state index contributed by atoms with van der Waals surface area (Å²) in [4.78, 5) is 16.5. The van der Waals surface area contributed by atoms with Crippen molar-refractivity contribution in [2.75, 3.05) is 7.11 Å². The molecule has 0 bridgehead atoms. The van der Waals surface area contributed by atoms with Crippen LogP contribution in [0.15, 0.2) is 29.6 Å². The van der Waals surface area contributed by atoms with Crippen LogP contribution in [-0.2, 0) is 9.53 Å². The van der Waals surface area contributed by atoms with E-state index in [1.54, 1.807) is 35.6 Å². The number of rotatable bonds is 5. The monoisotopic (exact) mass is 315 g/mol. The number of thiazole rings is 1. The van der Waals surface area contributed by atoms with Crippen LogP contribution in [-0.4, -0.2) is 18.1 Å². The molecule has 1 heterocycles. The van der Waals surface area contributed by atoms with Gasteiger partial charge in [0.05, 0.1) is 29.4 Å². The predicted octanol–water partition coefficient (Wildman–Crippen LogP) is 2.89. The topological polar surface area (TPSA) is 75.0 Å². The summed E-state index contributed by atoms with van der Waals surface area (Å²) in [6, 6.07) is 8.26. The molecule has 2 atom stereocenters. The Bertz CT molecular complexity index is 705. The number of ether oxygens (including phenoxy) is 1. The standard InChI is InChI=1S/C16H17N3O2S/c1-10(14-9-22-11(2)19-14)18-15(16(20)21-3)13-6-4-5-12(7-13)8-17/h4-7,9-10,15,18H,1-3H3/t10-,15+/m1/s1. The Balaban J connectivity index is 2.26. The van der Waals surface area contributed by atoms with Gasteiger partial charge < -0.3 is 4.74 Å². The highest BCUT2D eigenvalue weighted by Gasteiger charge is 2.24. The van der Waals surface area contributed by atoms with Crippen molar-refractivity contribution in [3.05, 3.63) is 51.5 Å². The summed E-state index contributed by atoms with van der Waals surface area (Å²) in [6.07, 6.45) is 0. The molecular weight excluding hydrogens is 298 g/mol. The number of nitrogens with zero attached hydrogens (tertiary/aromatic N) is 2. The SMILES string of the molecule is COC(=O)[C@@H](N[C@H](C)c1csc(C)n1)c1cccc(C#N)c1. The van der Waals surface area contributed by atoms with E-state index in [2.05, 4.69) is 16.4 Å². The van der Waals surface area contributed by atoms with Crippen molar-refractivity contribution in [3.63, 3.8) is 0 Å². The lowest BCUT2D eigenvalue weighted by Gasteiger charge is -2.21.